The van der Waals surface area contributed by atoms with E-state index >= 15 is 0 Å². The van der Waals surface area contributed by atoms with Crippen molar-refractivity contribution in [1.82, 2.24) is 4.90 Å². The molecule has 1 aliphatic rings. The molecule has 2 unspecified atom stereocenters. The summed E-state index contributed by atoms with van der Waals surface area (Å²) in [5, 5.41) is 2.88. The number of ether oxygens (including phenoxy) is 1. The van der Waals surface area contributed by atoms with Crippen LogP contribution >= 0.6 is 0 Å². The van der Waals surface area contributed by atoms with Crippen LogP contribution in [0.3, 0.4) is 0 Å². The third-order valence-electron chi connectivity index (χ3n) is 5.16. The van der Waals surface area contributed by atoms with Crippen molar-refractivity contribution >= 4 is 29.5 Å². The van der Waals surface area contributed by atoms with Gasteiger partial charge in [-0.1, -0.05) is 42.5 Å². The van der Waals surface area contributed by atoms with Gasteiger partial charge in [-0.05, 0) is 43.2 Å². The molecule has 0 saturated carbocycles. The summed E-state index contributed by atoms with van der Waals surface area (Å²) in [6.45, 7) is 4.47. The lowest BCUT2D eigenvalue weighted by atomic mass is 10.1. The van der Waals surface area contributed by atoms with Crippen LogP contribution in [0.4, 0.5) is 5.69 Å². The topological polar surface area (TPSA) is 75.7 Å². The van der Waals surface area contributed by atoms with Crippen molar-refractivity contribution in [1.29, 1.82) is 0 Å². The summed E-state index contributed by atoms with van der Waals surface area (Å²) in [6.07, 6.45) is 3.23. The first-order chi connectivity index (χ1) is 14.5. The van der Waals surface area contributed by atoms with Crippen molar-refractivity contribution in [3.63, 3.8) is 0 Å². The van der Waals surface area contributed by atoms with Crippen LogP contribution in [-0.2, 0) is 19.1 Å². The SMILES string of the molecule is CCOC(=O)C=Cc1ccc(NC(=O)C2CC(=O)N(C(C)c3ccccc3)C2)cc1. The molecule has 30 heavy (non-hydrogen) atoms. The number of hydrogen-bond acceptors (Lipinski definition) is 4. The number of hydrogen-bond donors (Lipinski definition) is 1. The Morgan fingerprint density at radius 3 is 2.53 bits per heavy atom. The molecule has 2 amide bonds. The zero-order valence-corrected chi connectivity index (χ0v) is 17.2. The maximum absolute atomic E-state index is 12.7. The number of anilines is 1. The van der Waals surface area contributed by atoms with Gasteiger partial charge < -0.3 is 15.0 Å². The summed E-state index contributed by atoms with van der Waals surface area (Å²) >= 11 is 0. The van der Waals surface area contributed by atoms with Crippen LogP contribution in [0.15, 0.2) is 60.7 Å². The molecule has 0 radical (unpaired) electrons. The van der Waals surface area contributed by atoms with Gasteiger partial charge >= 0.3 is 5.97 Å². The normalized spacial score (nSPS) is 17.2. The molecule has 156 valence electrons. The van der Waals surface area contributed by atoms with E-state index in [0.29, 0.717) is 18.8 Å². The monoisotopic (exact) mass is 406 g/mol. The Hall–Kier alpha value is -3.41. The predicted octanol–water partition coefficient (Wildman–Crippen LogP) is 3.81. The van der Waals surface area contributed by atoms with Gasteiger partial charge in [-0.3, -0.25) is 9.59 Å². The van der Waals surface area contributed by atoms with Crippen molar-refractivity contribution in [2.45, 2.75) is 26.3 Å². The molecule has 2 aromatic rings. The average Bonchev–Trinajstić information content (AvgIpc) is 3.15. The fraction of sp³-hybridized carbons (Fsp3) is 0.292. The highest BCUT2D eigenvalue weighted by Gasteiger charge is 2.36. The second-order valence-electron chi connectivity index (χ2n) is 7.23. The van der Waals surface area contributed by atoms with Crippen molar-refractivity contribution < 1.29 is 19.1 Å². The highest BCUT2D eigenvalue weighted by atomic mass is 16.5. The van der Waals surface area contributed by atoms with Gasteiger partial charge in [0.15, 0.2) is 0 Å². The molecule has 1 fully saturated rings. The molecule has 2 atom stereocenters. The molecule has 0 spiro atoms. The zero-order chi connectivity index (χ0) is 21.5. The summed E-state index contributed by atoms with van der Waals surface area (Å²) in [7, 11) is 0. The van der Waals surface area contributed by atoms with Gasteiger partial charge in [-0.15, -0.1) is 0 Å². The van der Waals surface area contributed by atoms with E-state index in [1.165, 1.54) is 6.08 Å². The summed E-state index contributed by atoms with van der Waals surface area (Å²) in [6, 6.07) is 16.9. The van der Waals surface area contributed by atoms with E-state index in [9.17, 15) is 14.4 Å². The van der Waals surface area contributed by atoms with E-state index < -0.39 is 5.97 Å². The highest BCUT2D eigenvalue weighted by molar-refractivity contribution is 5.97. The molecule has 2 aromatic carbocycles. The highest BCUT2D eigenvalue weighted by Crippen LogP contribution is 2.29. The fourth-order valence-electron chi connectivity index (χ4n) is 3.47. The molecule has 1 saturated heterocycles. The molecule has 6 nitrogen and oxygen atoms in total. The molecule has 3 rings (SSSR count). The Labute approximate surface area is 176 Å². The summed E-state index contributed by atoms with van der Waals surface area (Å²) < 4.78 is 4.84. The first kappa shape index (κ1) is 21.3. The van der Waals surface area contributed by atoms with Gasteiger partial charge in [0, 0.05) is 24.7 Å². The van der Waals surface area contributed by atoms with Gasteiger partial charge in [-0.2, -0.15) is 0 Å². The number of likely N-dealkylation sites (tertiary alicyclic amines) is 1. The molecule has 6 heteroatoms. The molecule has 0 bridgehead atoms. The van der Waals surface area contributed by atoms with Crippen molar-refractivity contribution in [3.8, 4) is 0 Å². The lowest BCUT2D eigenvalue weighted by Gasteiger charge is -2.25. The van der Waals surface area contributed by atoms with E-state index in [4.69, 9.17) is 4.74 Å². The minimum atomic E-state index is -0.393. The van der Waals surface area contributed by atoms with Crippen LogP contribution in [-0.4, -0.2) is 35.8 Å². The largest absolute Gasteiger partial charge is 0.463 e. The Balaban J connectivity index is 1.57. The average molecular weight is 406 g/mol. The third kappa shape index (κ3) is 5.35. The molecule has 1 aliphatic heterocycles. The van der Waals surface area contributed by atoms with E-state index in [-0.39, 0.29) is 30.2 Å². The van der Waals surface area contributed by atoms with Crippen LogP contribution < -0.4 is 5.32 Å². The number of rotatable bonds is 7. The van der Waals surface area contributed by atoms with Gasteiger partial charge in [0.25, 0.3) is 0 Å². The maximum atomic E-state index is 12.7. The number of carbonyl (C=O) groups excluding carboxylic acids is 3. The third-order valence-corrected chi connectivity index (χ3v) is 5.16. The minimum Gasteiger partial charge on any atom is -0.463 e. The van der Waals surface area contributed by atoms with Crippen LogP contribution in [0.5, 0.6) is 0 Å². The van der Waals surface area contributed by atoms with E-state index in [1.54, 1.807) is 42.2 Å². The number of amides is 2. The number of nitrogens with zero attached hydrogens (tertiary/aromatic N) is 1. The summed E-state index contributed by atoms with van der Waals surface area (Å²) in [5.41, 5.74) is 2.52. The Morgan fingerprint density at radius 2 is 1.87 bits per heavy atom. The standard InChI is InChI=1S/C24H26N2O4/c1-3-30-23(28)14-11-18-9-12-21(13-10-18)25-24(29)20-15-22(27)26(16-20)17(2)19-7-5-4-6-8-19/h4-14,17,20H,3,15-16H2,1-2H3,(H,25,29). The second kappa shape index (κ2) is 9.87. The first-order valence-electron chi connectivity index (χ1n) is 10.1. The number of esters is 1. The van der Waals surface area contributed by atoms with Crippen LogP contribution in [0.25, 0.3) is 6.08 Å². The van der Waals surface area contributed by atoms with Crippen LogP contribution in [0.1, 0.15) is 37.4 Å². The van der Waals surface area contributed by atoms with Crippen LogP contribution in [0.2, 0.25) is 0 Å². The Kier molecular flexibility index (Phi) is 7.01. The first-order valence-corrected chi connectivity index (χ1v) is 10.1. The molecular weight excluding hydrogens is 380 g/mol. The summed E-state index contributed by atoms with van der Waals surface area (Å²) in [5.74, 6) is -0.950. The van der Waals surface area contributed by atoms with Gasteiger partial charge in [0.1, 0.15) is 0 Å². The van der Waals surface area contributed by atoms with Gasteiger partial charge in [0.05, 0.1) is 18.6 Å². The molecule has 1 heterocycles. The van der Waals surface area contributed by atoms with Crippen molar-refractivity contribution in [3.05, 3.63) is 71.8 Å². The van der Waals surface area contributed by atoms with E-state index in [2.05, 4.69) is 5.32 Å². The van der Waals surface area contributed by atoms with E-state index in [1.807, 2.05) is 37.3 Å². The van der Waals surface area contributed by atoms with Crippen molar-refractivity contribution in [2.75, 3.05) is 18.5 Å². The molecule has 0 aromatic heterocycles. The zero-order valence-electron chi connectivity index (χ0n) is 17.2. The second-order valence-corrected chi connectivity index (χ2v) is 7.23. The number of benzene rings is 2. The van der Waals surface area contributed by atoms with Crippen LogP contribution in [0, 0.1) is 5.92 Å². The quantitative estimate of drug-likeness (QED) is 0.560. The Bertz CT molecular complexity index is 922. The van der Waals surface area contributed by atoms with Gasteiger partial charge in [-0.25, -0.2) is 4.79 Å². The molecule has 0 aliphatic carbocycles. The lowest BCUT2D eigenvalue weighted by molar-refractivity contribution is -0.137. The maximum Gasteiger partial charge on any atom is 0.330 e. The number of nitrogens with one attached hydrogen (secondary N) is 1. The molecule has 1 N–H and O–H groups in total. The predicted molar refractivity (Wildman–Crippen MR) is 115 cm³/mol. The Morgan fingerprint density at radius 1 is 1.17 bits per heavy atom. The fourth-order valence-corrected chi connectivity index (χ4v) is 3.47. The smallest absolute Gasteiger partial charge is 0.330 e. The van der Waals surface area contributed by atoms with Gasteiger partial charge in [0.2, 0.25) is 11.8 Å². The lowest BCUT2D eigenvalue weighted by Crippen LogP contribution is -2.30. The summed E-state index contributed by atoms with van der Waals surface area (Å²) in [4.78, 5) is 38.3. The molecular formula is C24H26N2O4. The van der Waals surface area contributed by atoms with Crippen molar-refractivity contribution in [2.24, 2.45) is 5.92 Å². The van der Waals surface area contributed by atoms with E-state index in [0.717, 1.165) is 11.1 Å². The minimum absolute atomic E-state index is 0.00838. The number of carbonyl (C=O) groups is 3.